The molecule has 44 heavy (non-hydrogen) atoms. The topological polar surface area (TPSA) is 102 Å². The molecule has 0 atom stereocenters. The molecule has 2 saturated heterocycles. The molecule has 2 aliphatic rings. The minimum absolute atomic E-state index is 0.0410. The first-order valence-corrected chi connectivity index (χ1v) is 15.4. The quantitative estimate of drug-likeness (QED) is 0.0974. The lowest BCUT2D eigenvalue weighted by molar-refractivity contribution is -0.115. The van der Waals surface area contributed by atoms with Gasteiger partial charge in [0.15, 0.2) is 23.2 Å². The Labute approximate surface area is 260 Å². The molecule has 2 aliphatic heterocycles. The molecule has 0 radical (unpaired) electrons. The van der Waals surface area contributed by atoms with Gasteiger partial charge < -0.3 is 20.1 Å². The maximum atomic E-state index is 15.0. The van der Waals surface area contributed by atoms with Gasteiger partial charge in [0, 0.05) is 30.3 Å². The predicted octanol–water partition coefficient (Wildman–Crippen LogP) is 6.23. The van der Waals surface area contributed by atoms with Crippen LogP contribution in [0.3, 0.4) is 0 Å². The molecule has 0 aromatic heterocycles. The van der Waals surface area contributed by atoms with E-state index in [9.17, 15) is 0 Å². The minimum atomic E-state index is -0.728. The van der Waals surface area contributed by atoms with Crippen LogP contribution in [0.5, 0.6) is 5.75 Å². The van der Waals surface area contributed by atoms with Crippen LogP contribution in [0.25, 0.3) is 11.1 Å². The molecule has 0 unspecified atom stereocenters. The minimum Gasteiger partial charge on any atom is -0.487 e. The van der Waals surface area contributed by atoms with Crippen molar-refractivity contribution in [3.63, 3.8) is 0 Å². The molecule has 8 nitrogen and oxygen atoms in total. The van der Waals surface area contributed by atoms with Crippen molar-refractivity contribution < 1.29 is 18.3 Å². The number of amidine groups is 2. The van der Waals surface area contributed by atoms with Crippen molar-refractivity contribution in [2.45, 2.75) is 53.4 Å². The highest BCUT2D eigenvalue weighted by atomic mass is 19.1. The zero-order valence-corrected chi connectivity index (χ0v) is 26.4. The van der Waals surface area contributed by atoms with E-state index in [2.05, 4.69) is 47.9 Å². The van der Waals surface area contributed by atoms with Gasteiger partial charge in [-0.3, -0.25) is 0 Å². The van der Waals surface area contributed by atoms with Crippen LogP contribution in [0.1, 0.15) is 58.9 Å². The highest BCUT2D eigenvalue weighted by Crippen LogP contribution is 2.31. The number of rotatable bonds is 12. The maximum absolute atomic E-state index is 15.0. The van der Waals surface area contributed by atoms with Crippen molar-refractivity contribution in [2.75, 3.05) is 39.5 Å². The van der Waals surface area contributed by atoms with Gasteiger partial charge in [-0.2, -0.15) is 0 Å². The first kappa shape index (κ1) is 33.1. The summed E-state index contributed by atoms with van der Waals surface area (Å²) in [5, 5.41) is 5.58. The van der Waals surface area contributed by atoms with Crippen LogP contribution >= 0.6 is 0 Å². The fourth-order valence-corrected chi connectivity index (χ4v) is 5.27. The first-order valence-electron chi connectivity index (χ1n) is 15.4. The number of hydrogen-bond donors (Lipinski definition) is 2. The largest absolute Gasteiger partial charge is 0.487 e. The zero-order chi connectivity index (χ0) is 31.7. The summed E-state index contributed by atoms with van der Waals surface area (Å²) >= 11 is 0. The number of allylic oxidation sites excluding steroid dienone is 3. The van der Waals surface area contributed by atoms with Crippen LogP contribution in [0.15, 0.2) is 70.4 Å². The maximum Gasteiger partial charge on any atom is 0.190 e. The number of benzene rings is 2. The number of likely N-dealkylation sites (tertiary alicyclic amines) is 1. The number of hydrazine groups is 1. The van der Waals surface area contributed by atoms with E-state index in [1.165, 1.54) is 22.8 Å². The highest BCUT2D eigenvalue weighted by Gasteiger charge is 2.35. The molecule has 0 saturated carbocycles. The van der Waals surface area contributed by atoms with E-state index < -0.39 is 11.6 Å². The summed E-state index contributed by atoms with van der Waals surface area (Å²) in [6.07, 6.45) is 9.86. The Kier molecular flexibility index (Phi) is 11.5. The van der Waals surface area contributed by atoms with E-state index in [0.29, 0.717) is 36.4 Å². The van der Waals surface area contributed by atoms with E-state index >= 15 is 8.78 Å². The van der Waals surface area contributed by atoms with Crippen molar-refractivity contribution in [1.82, 2.24) is 10.0 Å². The van der Waals surface area contributed by atoms with Crippen molar-refractivity contribution >= 4 is 11.7 Å². The number of aliphatic imine (C=N–C) groups is 1. The lowest BCUT2D eigenvalue weighted by atomic mass is 9.89. The average Bonchev–Trinajstić information content (AvgIpc) is 3.00. The van der Waals surface area contributed by atoms with Gasteiger partial charge in [-0.25, -0.2) is 24.7 Å². The molecule has 0 bridgehead atoms. The number of halogens is 2. The van der Waals surface area contributed by atoms with E-state index in [0.717, 1.165) is 44.6 Å². The summed E-state index contributed by atoms with van der Waals surface area (Å²) in [5.74, 6) is 5.65. The van der Waals surface area contributed by atoms with Crippen molar-refractivity contribution in [3.05, 3.63) is 77.5 Å². The van der Waals surface area contributed by atoms with E-state index in [1.807, 2.05) is 13.1 Å². The molecule has 2 aromatic rings. The monoisotopic (exact) mass is 608 g/mol. The third kappa shape index (κ3) is 8.89. The van der Waals surface area contributed by atoms with Crippen LogP contribution < -0.4 is 16.3 Å². The van der Waals surface area contributed by atoms with Gasteiger partial charge in [0.1, 0.15) is 5.84 Å². The molecule has 2 fully saturated rings. The normalized spacial score (nSPS) is 18.1. The fraction of sp³-hybridized carbons (Fsp3) is 0.471. The van der Waals surface area contributed by atoms with Crippen molar-refractivity contribution in [1.29, 1.82) is 0 Å². The van der Waals surface area contributed by atoms with Crippen LogP contribution in [-0.2, 0) is 4.74 Å². The van der Waals surface area contributed by atoms with E-state index in [1.54, 1.807) is 24.3 Å². The zero-order valence-electron chi connectivity index (χ0n) is 26.4. The Morgan fingerprint density at radius 3 is 2.34 bits per heavy atom. The summed E-state index contributed by atoms with van der Waals surface area (Å²) in [6.45, 7) is 12.0. The van der Waals surface area contributed by atoms with Crippen LogP contribution in [0, 0.1) is 23.0 Å². The molecule has 4 rings (SSSR count). The molecule has 2 heterocycles. The second kappa shape index (κ2) is 15.3. The summed E-state index contributed by atoms with van der Waals surface area (Å²) in [5.41, 5.74) is 8.99. The third-order valence-electron chi connectivity index (χ3n) is 8.12. The molecule has 238 valence electrons. The van der Waals surface area contributed by atoms with Gasteiger partial charge in [0.2, 0.25) is 0 Å². The summed E-state index contributed by atoms with van der Waals surface area (Å²) < 4.78 is 41.0. The summed E-state index contributed by atoms with van der Waals surface area (Å²) in [4.78, 5) is 6.92. The van der Waals surface area contributed by atoms with Crippen LogP contribution in [0.4, 0.5) is 8.78 Å². The Morgan fingerprint density at radius 1 is 1.11 bits per heavy atom. The lowest BCUT2D eigenvalue weighted by Crippen LogP contribution is -2.49. The van der Waals surface area contributed by atoms with E-state index in [4.69, 9.17) is 21.1 Å². The second-order valence-electron chi connectivity index (χ2n) is 12.0. The molecule has 10 heteroatoms. The number of nitrogens with zero attached hydrogens (tertiary/aromatic N) is 4. The predicted molar refractivity (Wildman–Crippen MR) is 173 cm³/mol. The Morgan fingerprint density at radius 2 is 1.77 bits per heavy atom. The van der Waals surface area contributed by atoms with Crippen LogP contribution in [-0.4, -0.2) is 61.1 Å². The summed E-state index contributed by atoms with van der Waals surface area (Å²) in [7, 11) is 0. The van der Waals surface area contributed by atoms with Gasteiger partial charge in [-0.05, 0) is 67.4 Å². The first-order chi connectivity index (χ1) is 21.1. The second-order valence-corrected chi connectivity index (χ2v) is 12.0. The molecule has 0 aliphatic carbocycles. The molecular formula is C34H46F2N6O2. The number of ether oxygens (including phenoxy) is 2. The number of nitrogens with two attached hydrogens (primary N) is 2. The van der Waals surface area contributed by atoms with Crippen LogP contribution in [0.2, 0.25) is 0 Å². The van der Waals surface area contributed by atoms with Gasteiger partial charge >= 0.3 is 0 Å². The molecule has 2 aromatic carbocycles. The average molecular weight is 609 g/mol. The molecule has 0 spiro atoms. The number of hydrogen-bond acceptors (Lipinski definition) is 6. The molecular weight excluding hydrogens is 562 g/mol. The summed E-state index contributed by atoms with van der Waals surface area (Å²) in [6, 6.07) is 9.58. The fourth-order valence-electron chi connectivity index (χ4n) is 5.27. The number of piperidine rings is 1. The Bertz CT molecular complexity index is 1350. The Balaban J connectivity index is 1.31. The van der Waals surface area contributed by atoms with Crippen molar-refractivity contribution in [3.8, 4) is 16.9 Å². The molecule has 0 amide bonds. The SMILES string of the molecule is CC/C=C/C(=C\N=C(C)N1CCC(COc2c(F)cc(-c3ccc(/C(N)=N/N(N)CC4(C)COC4)cc3)cc2F)CC1)CC. The van der Waals surface area contributed by atoms with Gasteiger partial charge in [0.25, 0.3) is 0 Å². The Hall–Kier alpha value is -3.76. The van der Waals surface area contributed by atoms with Gasteiger partial charge in [-0.1, -0.05) is 57.2 Å². The number of hydrazone groups is 1. The van der Waals surface area contributed by atoms with Gasteiger partial charge in [0.05, 0.1) is 26.4 Å². The van der Waals surface area contributed by atoms with E-state index in [-0.39, 0.29) is 29.5 Å². The van der Waals surface area contributed by atoms with Gasteiger partial charge in [-0.15, -0.1) is 5.10 Å². The van der Waals surface area contributed by atoms with Crippen molar-refractivity contribution in [2.24, 2.45) is 33.0 Å². The third-order valence-corrected chi connectivity index (χ3v) is 8.12. The smallest absolute Gasteiger partial charge is 0.190 e. The highest BCUT2D eigenvalue weighted by molar-refractivity contribution is 5.97. The lowest BCUT2D eigenvalue weighted by Gasteiger charge is -2.39. The standard InChI is InChI=1S/C34H46F2N6O2/c1-5-7-8-25(6-2)19-39-24(3)41-15-13-26(14-16-41)20-44-32-30(35)17-29(18-31(32)36)27-9-11-28(12-10-27)33(37)40-42(38)21-34(4)22-43-23-34/h7-12,17-19,26H,5-6,13-16,20-23,38H2,1-4H3,(H2,37,40)/b8-7+,25-19-,39-24?. The molecule has 4 N–H and O–H groups in total.